The number of aromatic nitrogens is 2. The van der Waals surface area contributed by atoms with Crippen LogP contribution in [0.25, 0.3) is 21.7 Å². The van der Waals surface area contributed by atoms with Gasteiger partial charge in [-0.05, 0) is 23.6 Å². The third kappa shape index (κ3) is 2.51. The number of fused-ring (bicyclic) bond motifs is 2. The van der Waals surface area contributed by atoms with Crippen LogP contribution in [-0.2, 0) is 0 Å². The van der Waals surface area contributed by atoms with Crippen molar-refractivity contribution in [1.82, 2.24) is 9.97 Å². The second-order valence-corrected chi connectivity index (χ2v) is 5.25. The third-order valence-corrected chi connectivity index (χ3v) is 3.74. The van der Waals surface area contributed by atoms with Gasteiger partial charge in [0.05, 0.1) is 11.2 Å². The number of hydrogen-bond acceptors (Lipinski definition) is 3. The minimum Gasteiger partial charge on any atom is -0.319 e. The lowest BCUT2D eigenvalue weighted by Gasteiger charge is -2.08. The van der Waals surface area contributed by atoms with Crippen molar-refractivity contribution in [1.29, 1.82) is 0 Å². The monoisotopic (exact) mass is 299 g/mol. The molecule has 2 heterocycles. The standard InChI is InChI=1S/C19H13N3O/c23-19(17-11-14-5-1-2-6-15(14)12-21-17)22-16-9-3-7-13-8-4-10-20-18(13)16/h1-12H,(H,22,23). The zero-order valence-electron chi connectivity index (χ0n) is 12.2. The van der Waals surface area contributed by atoms with Crippen molar-refractivity contribution in [2.45, 2.75) is 0 Å². The molecule has 0 aliphatic carbocycles. The molecule has 0 aliphatic heterocycles. The highest BCUT2D eigenvalue weighted by atomic mass is 16.1. The largest absolute Gasteiger partial charge is 0.319 e. The molecule has 0 radical (unpaired) electrons. The maximum Gasteiger partial charge on any atom is 0.274 e. The van der Waals surface area contributed by atoms with Crippen molar-refractivity contribution >= 4 is 33.3 Å². The Bertz CT molecular complexity index is 1020. The number of amides is 1. The number of rotatable bonds is 2. The number of nitrogens with one attached hydrogen (secondary N) is 1. The van der Waals surface area contributed by atoms with E-state index >= 15 is 0 Å². The molecule has 0 bridgehead atoms. The van der Waals surface area contributed by atoms with E-state index in [0.717, 1.165) is 21.7 Å². The Morgan fingerprint density at radius 1 is 0.826 bits per heavy atom. The Morgan fingerprint density at radius 2 is 1.61 bits per heavy atom. The van der Waals surface area contributed by atoms with E-state index in [1.54, 1.807) is 18.5 Å². The van der Waals surface area contributed by atoms with Gasteiger partial charge in [-0.25, -0.2) is 0 Å². The summed E-state index contributed by atoms with van der Waals surface area (Å²) in [4.78, 5) is 21.1. The Labute approximate surface area is 132 Å². The van der Waals surface area contributed by atoms with Gasteiger partial charge in [0.1, 0.15) is 5.69 Å². The molecule has 0 spiro atoms. The molecule has 0 unspecified atom stereocenters. The second-order valence-electron chi connectivity index (χ2n) is 5.25. The predicted molar refractivity (Wildman–Crippen MR) is 91.4 cm³/mol. The Kier molecular flexibility index (Phi) is 3.20. The number of pyridine rings is 2. The highest BCUT2D eigenvalue weighted by Crippen LogP contribution is 2.21. The summed E-state index contributed by atoms with van der Waals surface area (Å²) in [6.45, 7) is 0. The van der Waals surface area contributed by atoms with E-state index in [-0.39, 0.29) is 5.91 Å². The van der Waals surface area contributed by atoms with Gasteiger partial charge in [-0.2, -0.15) is 0 Å². The zero-order valence-corrected chi connectivity index (χ0v) is 12.2. The van der Waals surface area contributed by atoms with Crippen LogP contribution in [-0.4, -0.2) is 15.9 Å². The minimum atomic E-state index is -0.242. The predicted octanol–water partition coefficient (Wildman–Crippen LogP) is 4.04. The summed E-state index contributed by atoms with van der Waals surface area (Å²) in [6, 6.07) is 19.2. The van der Waals surface area contributed by atoms with Crippen LogP contribution in [0.2, 0.25) is 0 Å². The number of anilines is 1. The highest BCUT2D eigenvalue weighted by Gasteiger charge is 2.10. The number of carbonyl (C=O) groups excluding carboxylic acids is 1. The molecule has 23 heavy (non-hydrogen) atoms. The summed E-state index contributed by atoms with van der Waals surface area (Å²) in [5.41, 5.74) is 1.84. The highest BCUT2D eigenvalue weighted by molar-refractivity contribution is 6.08. The topological polar surface area (TPSA) is 54.9 Å². The van der Waals surface area contributed by atoms with E-state index in [4.69, 9.17) is 0 Å². The summed E-state index contributed by atoms with van der Waals surface area (Å²) >= 11 is 0. The summed E-state index contributed by atoms with van der Waals surface area (Å²) in [5, 5.41) is 5.88. The maximum absolute atomic E-state index is 12.5. The average Bonchev–Trinajstić information content (AvgIpc) is 2.61. The smallest absolute Gasteiger partial charge is 0.274 e. The van der Waals surface area contributed by atoms with Crippen molar-refractivity contribution in [3.63, 3.8) is 0 Å². The summed E-state index contributed by atoms with van der Waals surface area (Å²) in [7, 11) is 0. The van der Waals surface area contributed by atoms with E-state index in [2.05, 4.69) is 15.3 Å². The van der Waals surface area contributed by atoms with Gasteiger partial charge in [0.15, 0.2) is 0 Å². The van der Waals surface area contributed by atoms with Gasteiger partial charge in [0.25, 0.3) is 5.91 Å². The van der Waals surface area contributed by atoms with Crippen LogP contribution >= 0.6 is 0 Å². The quantitative estimate of drug-likeness (QED) is 0.608. The molecule has 0 saturated heterocycles. The van der Waals surface area contributed by atoms with E-state index < -0.39 is 0 Å². The van der Waals surface area contributed by atoms with Crippen molar-refractivity contribution < 1.29 is 4.79 Å². The molecule has 4 rings (SSSR count). The van der Waals surface area contributed by atoms with Gasteiger partial charge in [0, 0.05) is 23.2 Å². The molecule has 2 aromatic heterocycles. The van der Waals surface area contributed by atoms with Gasteiger partial charge in [0.2, 0.25) is 0 Å². The molecule has 0 atom stereocenters. The molecular weight excluding hydrogens is 286 g/mol. The van der Waals surface area contributed by atoms with Crippen LogP contribution < -0.4 is 5.32 Å². The fourth-order valence-electron chi connectivity index (χ4n) is 2.60. The zero-order chi connectivity index (χ0) is 15.6. The van der Waals surface area contributed by atoms with Crippen molar-refractivity contribution in [2.24, 2.45) is 0 Å². The van der Waals surface area contributed by atoms with Gasteiger partial charge >= 0.3 is 0 Å². The normalized spacial score (nSPS) is 10.8. The number of hydrogen-bond donors (Lipinski definition) is 1. The van der Waals surface area contributed by atoms with Crippen LogP contribution in [0, 0.1) is 0 Å². The molecule has 2 aromatic carbocycles. The van der Waals surface area contributed by atoms with Gasteiger partial charge < -0.3 is 5.32 Å². The number of para-hydroxylation sites is 1. The number of carbonyl (C=O) groups is 1. The summed E-state index contributed by atoms with van der Waals surface area (Å²) in [6.07, 6.45) is 3.43. The summed E-state index contributed by atoms with van der Waals surface area (Å²) in [5.74, 6) is -0.242. The maximum atomic E-state index is 12.5. The summed E-state index contributed by atoms with van der Waals surface area (Å²) < 4.78 is 0. The van der Waals surface area contributed by atoms with Gasteiger partial charge in [-0.15, -0.1) is 0 Å². The Hall–Kier alpha value is -3.27. The molecule has 0 aliphatic rings. The molecule has 0 saturated carbocycles. The number of benzene rings is 2. The second kappa shape index (κ2) is 5.50. The van der Waals surface area contributed by atoms with Crippen LogP contribution in [0.5, 0.6) is 0 Å². The lowest BCUT2D eigenvalue weighted by Crippen LogP contribution is -2.14. The van der Waals surface area contributed by atoms with E-state index in [0.29, 0.717) is 11.4 Å². The lowest BCUT2D eigenvalue weighted by atomic mass is 10.1. The fourth-order valence-corrected chi connectivity index (χ4v) is 2.60. The van der Waals surface area contributed by atoms with E-state index in [9.17, 15) is 4.79 Å². The minimum absolute atomic E-state index is 0.242. The number of nitrogens with zero attached hydrogens (tertiary/aromatic N) is 2. The first-order chi connectivity index (χ1) is 11.3. The van der Waals surface area contributed by atoms with Crippen molar-refractivity contribution in [3.05, 3.63) is 78.8 Å². The molecular formula is C19H13N3O. The molecule has 0 fully saturated rings. The first-order valence-electron chi connectivity index (χ1n) is 7.31. The average molecular weight is 299 g/mol. The first-order valence-corrected chi connectivity index (χ1v) is 7.31. The van der Waals surface area contributed by atoms with Crippen molar-refractivity contribution in [3.8, 4) is 0 Å². The fraction of sp³-hybridized carbons (Fsp3) is 0. The van der Waals surface area contributed by atoms with E-state index in [1.807, 2.05) is 54.6 Å². The molecule has 4 heteroatoms. The molecule has 4 aromatic rings. The van der Waals surface area contributed by atoms with Gasteiger partial charge in [-0.3, -0.25) is 14.8 Å². The van der Waals surface area contributed by atoms with Crippen LogP contribution in [0.15, 0.2) is 73.1 Å². The van der Waals surface area contributed by atoms with Gasteiger partial charge in [-0.1, -0.05) is 42.5 Å². The van der Waals surface area contributed by atoms with Crippen LogP contribution in [0.1, 0.15) is 10.5 Å². The molecule has 4 nitrogen and oxygen atoms in total. The Morgan fingerprint density at radius 3 is 2.52 bits per heavy atom. The molecule has 110 valence electrons. The lowest BCUT2D eigenvalue weighted by molar-refractivity contribution is 0.102. The first kappa shape index (κ1) is 13.4. The van der Waals surface area contributed by atoms with Crippen molar-refractivity contribution in [2.75, 3.05) is 5.32 Å². The molecule has 1 N–H and O–H groups in total. The van der Waals surface area contributed by atoms with E-state index in [1.165, 1.54) is 0 Å². The van der Waals surface area contributed by atoms with Crippen LogP contribution in [0.3, 0.4) is 0 Å². The Balaban J connectivity index is 1.70. The van der Waals surface area contributed by atoms with Crippen LogP contribution in [0.4, 0.5) is 5.69 Å². The SMILES string of the molecule is O=C(Nc1cccc2cccnc12)c1cc2ccccc2cn1. The molecule has 1 amide bonds. The third-order valence-electron chi connectivity index (χ3n) is 3.74.